The zero-order valence-corrected chi connectivity index (χ0v) is 15.3. The van der Waals surface area contributed by atoms with E-state index in [9.17, 15) is 0 Å². The Bertz CT molecular complexity index is 846. The summed E-state index contributed by atoms with van der Waals surface area (Å²) in [4.78, 5) is 4.73. The van der Waals surface area contributed by atoms with Crippen molar-refractivity contribution in [2.75, 3.05) is 27.4 Å². The van der Waals surface area contributed by atoms with Gasteiger partial charge in [0, 0.05) is 25.1 Å². The van der Waals surface area contributed by atoms with Gasteiger partial charge in [-0.3, -0.25) is 0 Å². The van der Waals surface area contributed by atoms with E-state index in [1.54, 1.807) is 14.2 Å². The third-order valence-electron chi connectivity index (χ3n) is 4.24. The molecule has 0 bridgehead atoms. The van der Waals surface area contributed by atoms with Crippen molar-refractivity contribution in [3.8, 4) is 17.2 Å². The highest BCUT2D eigenvalue weighted by atomic mass is 16.5. The lowest BCUT2D eigenvalue weighted by Gasteiger charge is -2.11. The van der Waals surface area contributed by atoms with Crippen molar-refractivity contribution in [2.24, 2.45) is 5.73 Å². The van der Waals surface area contributed by atoms with E-state index in [-0.39, 0.29) is 0 Å². The molecule has 1 heterocycles. The van der Waals surface area contributed by atoms with Crippen molar-refractivity contribution in [1.29, 1.82) is 0 Å². The highest BCUT2D eigenvalue weighted by Crippen LogP contribution is 2.32. The molecule has 0 aliphatic heterocycles. The van der Waals surface area contributed by atoms with E-state index in [0.29, 0.717) is 24.7 Å². The molecule has 0 radical (unpaired) electrons. The lowest BCUT2D eigenvalue weighted by molar-refractivity contribution is 0.302. The highest BCUT2D eigenvalue weighted by Gasteiger charge is 2.14. The van der Waals surface area contributed by atoms with Gasteiger partial charge in [0.1, 0.15) is 11.6 Å². The van der Waals surface area contributed by atoms with E-state index in [2.05, 4.69) is 4.57 Å². The molecule has 0 aliphatic carbocycles. The minimum Gasteiger partial charge on any atom is -0.494 e. The summed E-state index contributed by atoms with van der Waals surface area (Å²) < 4.78 is 18.8. The molecule has 0 atom stereocenters. The third-order valence-corrected chi connectivity index (χ3v) is 4.24. The van der Waals surface area contributed by atoms with Gasteiger partial charge in [-0.2, -0.15) is 0 Å². The van der Waals surface area contributed by atoms with Crippen LogP contribution >= 0.6 is 0 Å². The smallest absolute Gasteiger partial charge is 0.163 e. The van der Waals surface area contributed by atoms with Gasteiger partial charge in [0.25, 0.3) is 0 Å². The van der Waals surface area contributed by atoms with Crippen LogP contribution in [0.5, 0.6) is 17.2 Å². The SMILES string of the molecule is COc1cc2nc(CCN)n(CCCOc3ccccc3)c2cc1OC. The summed E-state index contributed by atoms with van der Waals surface area (Å²) in [7, 11) is 3.27. The van der Waals surface area contributed by atoms with Crippen molar-refractivity contribution >= 4 is 11.0 Å². The number of ether oxygens (including phenoxy) is 3. The summed E-state index contributed by atoms with van der Waals surface area (Å²) in [5.41, 5.74) is 7.67. The van der Waals surface area contributed by atoms with Crippen molar-refractivity contribution in [1.82, 2.24) is 9.55 Å². The maximum absolute atomic E-state index is 5.79. The maximum atomic E-state index is 5.79. The highest BCUT2D eigenvalue weighted by molar-refractivity contribution is 5.80. The first kappa shape index (κ1) is 18.1. The zero-order valence-electron chi connectivity index (χ0n) is 15.3. The lowest BCUT2D eigenvalue weighted by atomic mass is 10.2. The first-order valence-corrected chi connectivity index (χ1v) is 8.76. The van der Waals surface area contributed by atoms with Crippen molar-refractivity contribution in [3.05, 3.63) is 48.3 Å². The normalized spacial score (nSPS) is 10.9. The molecule has 1 aromatic heterocycles. The van der Waals surface area contributed by atoms with E-state index in [1.165, 1.54) is 0 Å². The van der Waals surface area contributed by atoms with E-state index in [4.69, 9.17) is 24.9 Å². The second-order valence-electron chi connectivity index (χ2n) is 5.93. The van der Waals surface area contributed by atoms with Crippen LogP contribution in [0.1, 0.15) is 12.2 Å². The molecule has 0 saturated heterocycles. The number of imidazole rings is 1. The molecule has 2 N–H and O–H groups in total. The van der Waals surface area contributed by atoms with Gasteiger partial charge in [0.2, 0.25) is 0 Å². The number of benzene rings is 2. The molecule has 2 aromatic carbocycles. The van der Waals surface area contributed by atoms with Crippen LogP contribution in [0.4, 0.5) is 0 Å². The molecule has 0 aliphatic rings. The fourth-order valence-corrected chi connectivity index (χ4v) is 3.00. The number of rotatable bonds is 9. The molecule has 138 valence electrons. The molecule has 0 unspecified atom stereocenters. The molecule has 0 fully saturated rings. The van der Waals surface area contributed by atoms with Crippen LogP contribution in [0, 0.1) is 0 Å². The van der Waals surface area contributed by atoms with Gasteiger partial charge >= 0.3 is 0 Å². The second kappa shape index (κ2) is 8.58. The van der Waals surface area contributed by atoms with Gasteiger partial charge in [-0.25, -0.2) is 4.98 Å². The number of nitrogens with two attached hydrogens (primary N) is 1. The minimum absolute atomic E-state index is 0.554. The average Bonchev–Trinajstić information content (AvgIpc) is 3.01. The first-order chi connectivity index (χ1) is 12.8. The Balaban J connectivity index is 1.79. The Labute approximate surface area is 153 Å². The zero-order chi connectivity index (χ0) is 18.4. The van der Waals surface area contributed by atoms with Gasteiger partial charge < -0.3 is 24.5 Å². The number of nitrogens with zero attached hydrogens (tertiary/aromatic N) is 2. The first-order valence-electron chi connectivity index (χ1n) is 8.76. The number of methoxy groups -OCH3 is 2. The number of hydrogen-bond donors (Lipinski definition) is 1. The summed E-state index contributed by atoms with van der Waals surface area (Å²) in [6.07, 6.45) is 1.59. The molecule has 0 spiro atoms. The van der Waals surface area contributed by atoms with Crippen LogP contribution in [-0.4, -0.2) is 36.9 Å². The lowest BCUT2D eigenvalue weighted by Crippen LogP contribution is -2.12. The molecule has 6 nitrogen and oxygen atoms in total. The molecule has 26 heavy (non-hydrogen) atoms. The molecular formula is C20H25N3O3. The summed E-state index contributed by atoms with van der Waals surface area (Å²) in [5.74, 6) is 3.23. The van der Waals surface area contributed by atoms with E-state index >= 15 is 0 Å². The number of aryl methyl sites for hydroxylation is 1. The molecule has 0 amide bonds. The van der Waals surface area contributed by atoms with Gasteiger partial charge in [-0.1, -0.05) is 18.2 Å². The monoisotopic (exact) mass is 355 g/mol. The van der Waals surface area contributed by atoms with Crippen molar-refractivity contribution in [3.63, 3.8) is 0 Å². The minimum atomic E-state index is 0.554. The maximum Gasteiger partial charge on any atom is 0.163 e. The Morgan fingerprint density at radius 2 is 1.77 bits per heavy atom. The Hall–Kier alpha value is -2.73. The van der Waals surface area contributed by atoms with Gasteiger partial charge in [0.15, 0.2) is 11.5 Å². The predicted octanol–water partition coefficient (Wildman–Crippen LogP) is 3.02. The van der Waals surface area contributed by atoms with Crippen LogP contribution in [0.15, 0.2) is 42.5 Å². The second-order valence-corrected chi connectivity index (χ2v) is 5.93. The Morgan fingerprint density at radius 3 is 2.46 bits per heavy atom. The largest absolute Gasteiger partial charge is 0.494 e. The summed E-state index contributed by atoms with van der Waals surface area (Å²) in [6, 6.07) is 13.7. The van der Waals surface area contributed by atoms with Crippen molar-refractivity contribution in [2.45, 2.75) is 19.4 Å². The van der Waals surface area contributed by atoms with Crippen molar-refractivity contribution < 1.29 is 14.2 Å². The number of aromatic nitrogens is 2. The topological polar surface area (TPSA) is 71.5 Å². The quantitative estimate of drug-likeness (QED) is 0.598. The van der Waals surface area contributed by atoms with Crippen LogP contribution in [0.2, 0.25) is 0 Å². The van der Waals surface area contributed by atoms with Gasteiger partial charge in [-0.05, 0) is 25.1 Å². The summed E-state index contributed by atoms with van der Waals surface area (Å²) >= 11 is 0. The predicted molar refractivity (Wildman–Crippen MR) is 102 cm³/mol. The van der Waals surface area contributed by atoms with Crippen LogP contribution in [0.3, 0.4) is 0 Å². The fourth-order valence-electron chi connectivity index (χ4n) is 3.00. The third kappa shape index (κ3) is 3.91. The number of hydrogen-bond acceptors (Lipinski definition) is 5. The van der Waals surface area contributed by atoms with E-state index < -0.39 is 0 Å². The molecule has 0 saturated carbocycles. The van der Waals surface area contributed by atoms with E-state index in [0.717, 1.165) is 42.0 Å². The van der Waals surface area contributed by atoms with Gasteiger partial charge in [-0.15, -0.1) is 0 Å². The number of fused-ring (bicyclic) bond motifs is 1. The average molecular weight is 355 g/mol. The van der Waals surface area contributed by atoms with Crippen LogP contribution in [0.25, 0.3) is 11.0 Å². The molecule has 3 rings (SSSR count). The van der Waals surface area contributed by atoms with Crippen LogP contribution < -0.4 is 19.9 Å². The van der Waals surface area contributed by atoms with Gasteiger partial charge in [0.05, 0.1) is 31.9 Å². The fraction of sp³-hybridized carbons (Fsp3) is 0.350. The van der Waals surface area contributed by atoms with E-state index in [1.807, 2.05) is 42.5 Å². The summed E-state index contributed by atoms with van der Waals surface area (Å²) in [6.45, 7) is 1.99. The standard InChI is InChI=1S/C20H25N3O3/c1-24-18-13-16-17(14-19(18)25-2)23(20(22-16)9-10-21)11-6-12-26-15-7-4-3-5-8-15/h3-5,7-8,13-14H,6,9-12,21H2,1-2H3. The number of para-hydroxylation sites is 1. The molecular weight excluding hydrogens is 330 g/mol. The molecule has 3 aromatic rings. The molecule has 6 heteroatoms. The summed E-state index contributed by atoms with van der Waals surface area (Å²) in [5, 5.41) is 0. The Morgan fingerprint density at radius 1 is 1.04 bits per heavy atom. The Kier molecular flexibility index (Phi) is 5.96. The van der Waals surface area contributed by atoms with Crippen LogP contribution in [-0.2, 0) is 13.0 Å².